The second kappa shape index (κ2) is 11.2. The molecule has 0 aromatic heterocycles. The van der Waals surface area contributed by atoms with Crippen molar-refractivity contribution in [3.63, 3.8) is 0 Å². The normalized spacial score (nSPS) is 13.2. The summed E-state index contributed by atoms with van der Waals surface area (Å²) in [7, 11) is 0. The number of benzene rings is 10. The highest BCUT2D eigenvalue weighted by Gasteiger charge is 2.40. The molecule has 0 spiro atoms. The van der Waals surface area contributed by atoms with E-state index >= 15 is 0 Å². The number of hydrogen-bond donors (Lipinski definition) is 0. The van der Waals surface area contributed by atoms with Gasteiger partial charge in [0.15, 0.2) is 0 Å². The van der Waals surface area contributed by atoms with Crippen molar-refractivity contribution >= 4 is 53.9 Å². The van der Waals surface area contributed by atoms with E-state index in [4.69, 9.17) is 0 Å². The summed E-state index contributed by atoms with van der Waals surface area (Å²) in [6, 6.07) is 67.7. The lowest BCUT2D eigenvalue weighted by atomic mass is 9.79. The predicted octanol–water partition coefficient (Wildman–Crippen LogP) is 14.8. The molecule has 248 valence electrons. The molecule has 0 nitrogen and oxygen atoms in total. The molecular weight excluding hydrogens is 637 g/mol. The summed E-state index contributed by atoms with van der Waals surface area (Å²) in [5, 5.41) is 12.9. The van der Waals surface area contributed by atoms with Crippen molar-refractivity contribution in [1.82, 2.24) is 0 Å². The molecule has 0 amide bonds. The van der Waals surface area contributed by atoms with Crippen molar-refractivity contribution in [2.24, 2.45) is 0 Å². The van der Waals surface area contributed by atoms with Gasteiger partial charge >= 0.3 is 0 Å². The molecule has 1 aliphatic carbocycles. The van der Waals surface area contributed by atoms with Crippen LogP contribution in [0.25, 0.3) is 98.4 Å². The molecule has 0 saturated carbocycles. The molecule has 0 radical (unpaired) electrons. The second-order valence-electron chi connectivity index (χ2n) is 15.1. The maximum absolute atomic E-state index is 2.42. The van der Waals surface area contributed by atoms with E-state index in [1.807, 2.05) is 0 Å². The van der Waals surface area contributed by atoms with E-state index in [0.717, 1.165) is 0 Å². The van der Waals surface area contributed by atoms with Gasteiger partial charge in [0.1, 0.15) is 0 Å². The molecule has 53 heavy (non-hydrogen) atoms. The molecule has 10 aromatic rings. The van der Waals surface area contributed by atoms with E-state index in [0.29, 0.717) is 0 Å². The fourth-order valence-corrected chi connectivity index (χ4v) is 9.84. The summed E-state index contributed by atoms with van der Waals surface area (Å²) in [6.45, 7) is 4.85. The number of rotatable bonds is 3. The van der Waals surface area contributed by atoms with Crippen molar-refractivity contribution in [2.75, 3.05) is 0 Å². The highest BCUT2D eigenvalue weighted by molar-refractivity contribution is 6.26. The fourth-order valence-electron chi connectivity index (χ4n) is 9.84. The first-order valence-corrected chi connectivity index (χ1v) is 18.7. The van der Waals surface area contributed by atoms with Gasteiger partial charge in [0.25, 0.3) is 0 Å². The minimum Gasteiger partial charge on any atom is -0.0616 e. The monoisotopic (exact) mass is 672 g/mol. The van der Waals surface area contributed by atoms with Crippen LogP contribution in [-0.4, -0.2) is 0 Å². The maximum atomic E-state index is 2.42. The summed E-state index contributed by atoms with van der Waals surface area (Å²) in [5.41, 5.74) is 13.1. The second-order valence-corrected chi connectivity index (χ2v) is 15.1. The molecule has 0 aliphatic heterocycles. The Morgan fingerprint density at radius 2 is 0.660 bits per heavy atom. The zero-order valence-electron chi connectivity index (χ0n) is 29.8. The van der Waals surface area contributed by atoms with Crippen LogP contribution in [0.3, 0.4) is 0 Å². The van der Waals surface area contributed by atoms with Crippen LogP contribution < -0.4 is 0 Å². The van der Waals surface area contributed by atoms with Crippen LogP contribution in [0.5, 0.6) is 0 Å². The van der Waals surface area contributed by atoms with Crippen LogP contribution in [0.2, 0.25) is 0 Å². The van der Waals surface area contributed by atoms with Gasteiger partial charge in [-0.05, 0) is 109 Å². The van der Waals surface area contributed by atoms with E-state index in [2.05, 4.69) is 196 Å². The first-order chi connectivity index (χ1) is 26.1. The molecule has 0 heteroatoms. The molecular formula is C53H36. The van der Waals surface area contributed by atoms with Gasteiger partial charge in [-0.1, -0.05) is 196 Å². The van der Waals surface area contributed by atoms with E-state index in [9.17, 15) is 0 Å². The van der Waals surface area contributed by atoms with Crippen molar-refractivity contribution in [3.05, 3.63) is 193 Å². The van der Waals surface area contributed by atoms with Crippen LogP contribution in [-0.2, 0) is 5.41 Å². The molecule has 0 fully saturated rings. The summed E-state index contributed by atoms with van der Waals surface area (Å²) in [4.78, 5) is 0. The predicted molar refractivity (Wildman–Crippen MR) is 228 cm³/mol. The van der Waals surface area contributed by atoms with Crippen molar-refractivity contribution in [3.8, 4) is 44.5 Å². The van der Waals surface area contributed by atoms with Gasteiger partial charge < -0.3 is 0 Å². The van der Waals surface area contributed by atoms with Crippen molar-refractivity contribution in [2.45, 2.75) is 19.3 Å². The Bertz CT molecular complexity index is 3080. The van der Waals surface area contributed by atoms with Crippen LogP contribution >= 0.6 is 0 Å². The zero-order chi connectivity index (χ0) is 35.3. The Morgan fingerprint density at radius 3 is 1.30 bits per heavy atom. The largest absolute Gasteiger partial charge is 0.0616 e. The Hall–Kier alpha value is -6.50. The molecule has 0 N–H and O–H groups in total. The summed E-state index contributed by atoms with van der Waals surface area (Å²) < 4.78 is 0. The van der Waals surface area contributed by atoms with Gasteiger partial charge in [-0.2, -0.15) is 0 Å². The molecule has 11 rings (SSSR count). The van der Waals surface area contributed by atoms with Crippen molar-refractivity contribution in [1.29, 1.82) is 0 Å². The van der Waals surface area contributed by atoms with Crippen LogP contribution in [0.15, 0.2) is 182 Å². The van der Waals surface area contributed by atoms with Gasteiger partial charge in [-0.3, -0.25) is 0 Å². The van der Waals surface area contributed by atoms with Crippen molar-refractivity contribution < 1.29 is 0 Å². The lowest BCUT2D eigenvalue weighted by Gasteiger charge is -2.24. The Balaban J connectivity index is 1.27. The van der Waals surface area contributed by atoms with Gasteiger partial charge in [-0.25, -0.2) is 0 Å². The minimum atomic E-state index is -0.173. The fraction of sp³-hybridized carbons (Fsp3) is 0.0566. The van der Waals surface area contributed by atoms with E-state index in [-0.39, 0.29) is 5.41 Å². The Kier molecular flexibility index (Phi) is 6.40. The maximum Gasteiger partial charge on any atom is 0.0165 e. The lowest BCUT2D eigenvalue weighted by Crippen LogP contribution is -2.15. The van der Waals surface area contributed by atoms with Gasteiger partial charge in [0.05, 0.1) is 0 Å². The van der Waals surface area contributed by atoms with E-state index in [1.54, 1.807) is 0 Å². The molecule has 0 saturated heterocycles. The van der Waals surface area contributed by atoms with Gasteiger partial charge in [0.2, 0.25) is 0 Å². The first kappa shape index (κ1) is 30.2. The Morgan fingerprint density at radius 1 is 0.264 bits per heavy atom. The molecule has 0 heterocycles. The van der Waals surface area contributed by atoms with E-state index < -0.39 is 0 Å². The Labute approximate surface area is 309 Å². The summed E-state index contributed by atoms with van der Waals surface area (Å²) in [6.07, 6.45) is 0. The highest BCUT2D eigenvalue weighted by atomic mass is 14.4. The van der Waals surface area contributed by atoms with E-state index in [1.165, 1.54) is 109 Å². The molecule has 0 atom stereocenters. The lowest BCUT2D eigenvalue weighted by molar-refractivity contribution is 0.666. The molecule has 1 aliphatic rings. The third-order valence-corrected chi connectivity index (χ3v) is 12.0. The smallest absolute Gasteiger partial charge is 0.0165 e. The molecule has 0 bridgehead atoms. The summed E-state index contributed by atoms with van der Waals surface area (Å²) >= 11 is 0. The average Bonchev–Trinajstić information content (AvgIpc) is 3.47. The first-order valence-electron chi connectivity index (χ1n) is 18.7. The minimum absolute atomic E-state index is 0.173. The van der Waals surface area contributed by atoms with Crippen LogP contribution in [0.4, 0.5) is 0 Å². The number of hydrogen-bond acceptors (Lipinski definition) is 0. The zero-order valence-corrected chi connectivity index (χ0v) is 29.8. The van der Waals surface area contributed by atoms with Gasteiger partial charge in [-0.15, -0.1) is 0 Å². The SMILES string of the molecule is CC1(C)c2cccc(-c3c4ccccc4c(-c4ccccc4-c4cccc5ccccc45)c4ccccc34)c2-c2c1c1ccccc1c1ccccc21. The molecule has 0 unspecified atom stereocenters. The van der Waals surface area contributed by atoms with Crippen LogP contribution in [0, 0.1) is 0 Å². The average molecular weight is 673 g/mol. The standard InChI is InChI=1S/C53H36/c1-53(2)47-32-16-31-46(50(47)51-40-24-9-6-21-37(40)38-22-7-14-29-45(38)52(51)53)49-43-27-12-10-25-41(43)48(42-26-11-13-28-44(42)49)39-23-8-5-20-36(39)35-30-15-18-33-17-3-4-19-34(33)35/h3-32H,1-2H3. The quantitative estimate of drug-likeness (QED) is 0.129. The molecule has 10 aromatic carbocycles. The highest BCUT2D eigenvalue weighted by Crippen LogP contribution is 2.58. The third kappa shape index (κ3) is 4.18. The summed E-state index contributed by atoms with van der Waals surface area (Å²) in [5.74, 6) is 0. The topological polar surface area (TPSA) is 0 Å². The third-order valence-electron chi connectivity index (χ3n) is 12.0. The van der Waals surface area contributed by atoms with Gasteiger partial charge in [0, 0.05) is 5.41 Å². The number of fused-ring (bicyclic) bond motifs is 11. The van der Waals surface area contributed by atoms with Crippen LogP contribution in [0.1, 0.15) is 25.0 Å².